The fourth-order valence-corrected chi connectivity index (χ4v) is 5.61. The van der Waals surface area contributed by atoms with Crippen molar-refractivity contribution in [3.8, 4) is 5.75 Å². The molecule has 1 unspecified atom stereocenters. The van der Waals surface area contributed by atoms with Crippen LogP contribution in [0.5, 0.6) is 5.75 Å². The molecule has 2 aromatic rings. The van der Waals surface area contributed by atoms with Crippen LogP contribution < -0.4 is 10.1 Å². The van der Waals surface area contributed by atoms with E-state index in [1.807, 2.05) is 13.8 Å². The van der Waals surface area contributed by atoms with Gasteiger partial charge in [0.25, 0.3) is 5.91 Å². The zero-order chi connectivity index (χ0) is 24.7. The van der Waals surface area contributed by atoms with Gasteiger partial charge in [-0.05, 0) is 44.4 Å². The summed E-state index contributed by atoms with van der Waals surface area (Å²) in [7, 11) is -3.76. The van der Waals surface area contributed by atoms with Crippen molar-refractivity contribution in [3.63, 3.8) is 0 Å². The maximum Gasteiger partial charge on any atom is 0.255 e. The van der Waals surface area contributed by atoms with E-state index in [0.717, 1.165) is 0 Å². The molecule has 0 aliphatic carbocycles. The van der Waals surface area contributed by atoms with Gasteiger partial charge in [0, 0.05) is 19.1 Å². The predicted octanol–water partition coefficient (Wildman–Crippen LogP) is 2.59. The largest absolute Gasteiger partial charge is 0.489 e. The average Bonchev–Trinajstić information content (AvgIpc) is 2.83. The lowest BCUT2D eigenvalue weighted by molar-refractivity contribution is -0.159. The minimum Gasteiger partial charge on any atom is -0.489 e. The molecule has 10 heteroatoms. The van der Waals surface area contributed by atoms with Crippen molar-refractivity contribution in [2.24, 2.45) is 0 Å². The number of piperidine rings is 1. The molecule has 184 valence electrons. The summed E-state index contributed by atoms with van der Waals surface area (Å²) in [5.74, 6) is -0.190. The number of rotatable bonds is 10. The molecule has 1 fully saturated rings. The van der Waals surface area contributed by atoms with E-state index in [1.54, 1.807) is 54.6 Å². The van der Waals surface area contributed by atoms with E-state index in [9.17, 15) is 23.2 Å². The predicted molar refractivity (Wildman–Crippen MR) is 127 cm³/mol. The van der Waals surface area contributed by atoms with Gasteiger partial charge >= 0.3 is 0 Å². The summed E-state index contributed by atoms with van der Waals surface area (Å²) in [5.41, 5.74) is 0.962. The molecule has 1 saturated heterocycles. The summed E-state index contributed by atoms with van der Waals surface area (Å²) in [6.07, 6.45) is 0.867. The van der Waals surface area contributed by atoms with Gasteiger partial charge in [-0.2, -0.15) is 0 Å². The Morgan fingerprint density at radius 3 is 2.38 bits per heavy atom. The Labute approximate surface area is 200 Å². The van der Waals surface area contributed by atoms with Crippen LogP contribution in [0.2, 0.25) is 0 Å². The third-order valence-electron chi connectivity index (χ3n) is 5.62. The van der Waals surface area contributed by atoms with Crippen LogP contribution in [0.25, 0.3) is 0 Å². The Morgan fingerprint density at radius 2 is 1.76 bits per heavy atom. The van der Waals surface area contributed by atoms with Crippen LogP contribution in [0.3, 0.4) is 0 Å². The molecule has 34 heavy (non-hydrogen) atoms. The number of nitrogens with zero attached hydrogens (tertiary/aromatic N) is 2. The van der Waals surface area contributed by atoms with Crippen molar-refractivity contribution in [1.82, 2.24) is 14.7 Å². The summed E-state index contributed by atoms with van der Waals surface area (Å²) in [5, 5.41) is 13.2. The van der Waals surface area contributed by atoms with E-state index in [-0.39, 0.29) is 37.6 Å². The molecular formula is C24H31N3O6S. The number of sulfonamides is 1. The highest BCUT2D eigenvalue weighted by Gasteiger charge is 2.33. The number of benzene rings is 2. The van der Waals surface area contributed by atoms with Gasteiger partial charge in [0.2, 0.25) is 16.4 Å². The topological polar surface area (TPSA) is 116 Å². The van der Waals surface area contributed by atoms with Gasteiger partial charge in [-0.1, -0.05) is 42.5 Å². The number of ether oxygens (including phenoxy) is 1. The number of carbonyl (C=O) groups is 2. The SMILES string of the molecule is CC(C)NC(=O)c1ccccc1OC1CCN(S(=O)(=O)CC(c2ccccc2)N(O)C=O)CC1. The van der Waals surface area contributed by atoms with Gasteiger partial charge in [0.05, 0.1) is 17.4 Å². The smallest absolute Gasteiger partial charge is 0.255 e. The minimum absolute atomic E-state index is 0.0113. The summed E-state index contributed by atoms with van der Waals surface area (Å²) < 4.78 is 33.6. The number of hydrogen-bond acceptors (Lipinski definition) is 6. The summed E-state index contributed by atoms with van der Waals surface area (Å²) in [4.78, 5) is 23.6. The summed E-state index contributed by atoms with van der Waals surface area (Å²) in [6, 6.07) is 14.5. The number of carbonyl (C=O) groups excluding carboxylic acids is 2. The maximum atomic E-state index is 13.1. The molecular weight excluding hydrogens is 458 g/mol. The molecule has 2 aromatic carbocycles. The lowest BCUT2D eigenvalue weighted by atomic mass is 10.1. The number of para-hydroxylation sites is 1. The molecule has 0 aromatic heterocycles. The molecule has 2 N–H and O–H groups in total. The van der Waals surface area contributed by atoms with Crippen LogP contribution >= 0.6 is 0 Å². The standard InChI is InChI=1S/C24H31N3O6S/c1-18(2)25-24(29)21-10-6-7-11-23(21)33-20-12-14-26(15-13-20)34(31,32)16-22(27(30)17-28)19-8-4-3-5-9-19/h3-11,17-18,20,22,30H,12-16H2,1-2H3,(H,25,29). The molecule has 2 amide bonds. The first-order valence-electron chi connectivity index (χ1n) is 11.2. The Bertz CT molecular complexity index is 1070. The molecule has 3 rings (SSSR count). The van der Waals surface area contributed by atoms with Gasteiger partial charge in [-0.15, -0.1) is 0 Å². The first kappa shape index (κ1) is 25.7. The Hall–Kier alpha value is -2.95. The van der Waals surface area contributed by atoms with Crippen LogP contribution in [0.15, 0.2) is 54.6 Å². The second kappa shape index (κ2) is 11.5. The van der Waals surface area contributed by atoms with Gasteiger partial charge < -0.3 is 10.1 Å². The third-order valence-corrected chi connectivity index (χ3v) is 7.51. The van der Waals surface area contributed by atoms with E-state index >= 15 is 0 Å². The van der Waals surface area contributed by atoms with Crippen LogP contribution in [0.1, 0.15) is 48.7 Å². The highest BCUT2D eigenvalue weighted by Crippen LogP contribution is 2.26. The molecule has 0 radical (unpaired) electrons. The Morgan fingerprint density at radius 1 is 1.15 bits per heavy atom. The van der Waals surface area contributed by atoms with E-state index in [1.165, 1.54) is 4.31 Å². The van der Waals surface area contributed by atoms with Gasteiger partial charge in [-0.25, -0.2) is 17.8 Å². The molecule has 0 spiro atoms. The van der Waals surface area contributed by atoms with Crippen LogP contribution in [0, 0.1) is 0 Å². The summed E-state index contributed by atoms with van der Waals surface area (Å²) >= 11 is 0. The molecule has 1 atom stereocenters. The van der Waals surface area contributed by atoms with Crippen LogP contribution in [0.4, 0.5) is 0 Å². The van der Waals surface area contributed by atoms with E-state index in [2.05, 4.69) is 5.32 Å². The molecule has 0 saturated carbocycles. The van der Waals surface area contributed by atoms with Crippen LogP contribution in [-0.4, -0.2) is 66.3 Å². The fourth-order valence-electron chi connectivity index (χ4n) is 3.88. The third kappa shape index (κ3) is 6.55. The summed E-state index contributed by atoms with van der Waals surface area (Å²) in [6.45, 7) is 4.23. The number of hydroxylamine groups is 2. The lowest BCUT2D eigenvalue weighted by Crippen LogP contribution is -2.45. The monoisotopic (exact) mass is 489 g/mol. The average molecular weight is 490 g/mol. The first-order valence-corrected chi connectivity index (χ1v) is 12.8. The molecule has 1 aliphatic rings. The van der Waals surface area contributed by atoms with Gasteiger partial charge in [0.1, 0.15) is 11.9 Å². The Balaban J connectivity index is 1.64. The van der Waals surface area contributed by atoms with Crippen molar-refractivity contribution in [2.75, 3.05) is 18.8 Å². The maximum absolute atomic E-state index is 13.1. The minimum atomic E-state index is -3.76. The molecule has 9 nitrogen and oxygen atoms in total. The van der Waals surface area contributed by atoms with E-state index in [0.29, 0.717) is 34.8 Å². The molecule has 0 bridgehead atoms. The second-order valence-electron chi connectivity index (χ2n) is 8.53. The number of nitrogens with one attached hydrogen (secondary N) is 1. The molecule has 1 heterocycles. The fraction of sp³-hybridized carbons (Fsp3) is 0.417. The first-order chi connectivity index (χ1) is 16.2. The van der Waals surface area contributed by atoms with Gasteiger partial charge in [0.15, 0.2) is 0 Å². The zero-order valence-corrected chi connectivity index (χ0v) is 20.1. The van der Waals surface area contributed by atoms with E-state index in [4.69, 9.17) is 4.74 Å². The normalized spacial score (nSPS) is 16.1. The van der Waals surface area contributed by atoms with Crippen molar-refractivity contribution in [3.05, 3.63) is 65.7 Å². The Kier molecular flexibility index (Phi) is 8.65. The van der Waals surface area contributed by atoms with Gasteiger partial charge in [-0.3, -0.25) is 14.8 Å². The van der Waals surface area contributed by atoms with E-state index < -0.39 is 21.8 Å². The van der Waals surface area contributed by atoms with Crippen molar-refractivity contribution < 1.29 is 28.0 Å². The molecule has 1 aliphatic heterocycles. The highest BCUT2D eigenvalue weighted by atomic mass is 32.2. The second-order valence-corrected chi connectivity index (χ2v) is 10.5. The number of amides is 2. The zero-order valence-electron chi connectivity index (χ0n) is 19.3. The quantitative estimate of drug-likeness (QED) is 0.301. The van der Waals surface area contributed by atoms with Crippen molar-refractivity contribution in [2.45, 2.75) is 44.9 Å². The van der Waals surface area contributed by atoms with Crippen LogP contribution in [-0.2, 0) is 14.8 Å². The number of hydrogen-bond donors (Lipinski definition) is 2. The van der Waals surface area contributed by atoms with Crippen molar-refractivity contribution in [1.29, 1.82) is 0 Å². The lowest BCUT2D eigenvalue weighted by Gasteiger charge is -2.33. The highest BCUT2D eigenvalue weighted by molar-refractivity contribution is 7.89. The van der Waals surface area contributed by atoms with Crippen molar-refractivity contribution >= 4 is 22.3 Å².